The molecule has 6 nitrogen and oxygen atoms in total. The fraction of sp³-hybridized carbons (Fsp3) is 0.818. The van der Waals surface area contributed by atoms with E-state index >= 15 is 0 Å². The van der Waals surface area contributed by atoms with Gasteiger partial charge in [-0.15, -0.1) is 0 Å². The maximum atomic E-state index is 5.85. The SMILES string of the molecule is CCCP1OP(CCC)OP(CCC)O1.c1c[pH]ooo1. The monoisotopic (exact) mass is 376 g/mol. The summed E-state index contributed by atoms with van der Waals surface area (Å²) in [6, 6.07) is 0. The smallest absolute Gasteiger partial charge is 0.182 e. The van der Waals surface area contributed by atoms with E-state index in [1.54, 1.807) is 5.80 Å². The van der Waals surface area contributed by atoms with Crippen LogP contribution in [0.15, 0.2) is 25.7 Å². The Morgan fingerprint density at radius 2 is 1.29 bits per heavy atom. The molecule has 0 N–H and O–H groups in total. The first-order valence-corrected chi connectivity index (χ1v) is 12.1. The van der Waals surface area contributed by atoms with Gasteiger partial charge in [0.1, 0.15) is 0 Å². The van der Waals surface area contributed by atoms with Crippen LogP contribution in [0.2, 0.25) is 0 Å². The van der Waals surface area contributed by atoms with E-state index in [0.717, 1.165) is 37.7 Å². The molecule has 1 aromatic heterocycles. The van der Waals surface area contributed by atoms with Gasteiger partial charge in [0.15, 0.2) is 31.4 Å². The van der Waals surface area contributed by atoms with E-state index in [1.165, 1.54) is 6.26 Å². The van der Waals surface area contributed by atoms with Crippen LogP contribution in [0.25, 0.3) is 0 Å². The molecule has 0 aliphatic carbocycles. The molecule has 2 rings (SSSR count). The average Bonchev–Trinajstić information content (AvgIpc) is 2.50. The molecule has 0 radical (unpaired) electrons. The van der Waals surface area contributed by atoms with Gasteiger partial charge in [-0.25, -0.2) is 4.36 Å². The Labute approximate surface area is 131 Å². The summed E-state index contributed by atoms with van der Waals surface area (Å²) in [6.07, 6.45) is 8.02. The fourth-order valence-electron chi connectivity index (χ4n) is 1.29. The highest BCUT2D eigenvalue weighted by Gasteiger charge is 2.31. The quantitative estimate of drug-likeness (QED) is 0.400. The Balaban J connectivity index is 0.000000304. The van der Waals surface area contributed by atoms with Gasteiger partial charge in [-0.1, -0.05) is 25.5 Å². The van der Waals surface area contributed by atoms with Crippen molar-refractivity contribution in [2.45, 2.75) is 40.0 Å². The molecular weight excluding hydrogens is 352 g/mol. The zero-order valence-electron chi connectivity index (χ0n) is 12.7. The van der Waals surface area contributed by atoms with Crippen LogP contribution in [0.1, 0.15) is 40.0 Å². The third-order valence-electron chi connectivity index (χ3n) is 2.08. The molecule has 124 valence electrons. The van der Waals surface area contributed by atoms with Crippen molar-refractivity contribution in [2.75, 3.05) is 18.5 Å². The molecule has 0 aromatic carbocycles. The second-order valence-electron chi connectivity index (χ2n) is 4.08. The summed E-state index contributed by atoms with van der Waals surface area (Å²) in [7, 11) is -1.65. The number of hydrogen-bond acceptors (Lipinski definition) is 6. The zero-order chi connectivity index (χ0) is 15.3. The highest BCUT2D eigenvalue weighted by atomic mass is 31.3. The van der Waals surface area contributed by atoms with Crippen LogP contribution >= 0.6 is 33.6 Å². The lowest BCUT2D eigenvalue weighted by Gasteiger charge is -2.33. The first-order valence-electron chi connectivity index (χ1n) is 7.06. The molecule has 1 aliphatic heterocycles. The average molecular weight is 376 g/mol. The van der Waals surface area contributed by atoms with Crippen molar-refractivity contribution in [3.05, 3.63) is 12.1 Å². The molecular formula is C11H24O6P4. The van der Waals surface area contributed by atoms with E-state index in [4.69, 9.17) is 12.9 Å². The van der Waals surface area contributed by atoms with Crippen molar-refractivity contribution in [3.63, 3.8) is 0 Å². The van der Waals surface area contributed by atoms with Gasteiger partial charge in [0.2, 0.25) is 0 Å². The summed E-state index contributed by atoms with van der Waals surface area (Å²) in [5.74, 6) is 1.73. The third-order valence-corrected chi connectivity index (χ3v) is 9.32. The summed E-state index contributed by atoms with van der Waals surface area (Å²) < 4.78 is 30.0. The van der Waals surface area contributed by atoms with Crippen LogP contribution in [0, 0.1) is 0 Å². The molecule has 1 atom stereocenters. The van der Waals surface area contributed by atoms with Crippen LogP contribution < -0.4 is 0 Å². The third kappa shape index (κ3) is 9.36. The maximum Gasteiger partial charge on any atom is 0.182 e. The van der Waals surface area contributed by atoms with Crippen LogP contribution in [0.3, 0.4) is 0 Å². The Morgan fingerprint density at radius 3 is 1.48 bits per heavy atom. The van der Waals surface area contributed by atoms with E-state index in [1.807, 2.05) is 0 Å². The molecule has 0 bridgehead atoms. The van der Waals surface area contributed by atoms with Crippen LogP contribution in [0.5, 0.6) is 0 Å². The van der Waals surface area contributed by atoms with Crippen LogP contribution in [-0.2, 0) is 12.9 Å². The lowest BCUT2D eigenvalue weighted by Crippen LogP contribution is -2.01. The van der Waals surface area contributed by atoms with Crippen molar-refractivity contribution in [2.24, 2.45) is 0 Å². The lowest BCUT2D eigenvalue weighted by atomic mass is 10.6. The molecule has 2 heterocycles. The van der Waals surface area contributed by atoms with Gasteiger partial charge in [0.05, 0.1) is 8.43 Å². The number of hydrogen-bond donors (Lipinski definition) is 0. The van der Waals surface area contributed by atoms with Gasteiger partial charge in [0.25, 0.3) is 0 Å². The van der Waals surface area contributed by atoms with Crippen molar-refractivity contribution in [1.29, 1.82) is 0 Å². The Morgan fingerprint density at radius 1 is 0.810 bits per heavy atom. The van der Waals surface area contributed by atoms with Crippen molar-refractivity contribution < 1.29 is 26.6 Å². The molecule has 0 amide bonds. The molecule has 10 heteroatoms. The van der Waals surface area contributed by atoms with Gasteiger partial charge in [-0.3, -0.25) is 17.5 Å². The van der Waals surface area contributed by atoms with Crippen molar-refractivity contribution in [3.8, 4) is 0 Å². The minimum atomic E-state index is -0.641. The second kappa shape index (κ2) is 13.1. The predicted octanol–water partition coefficient (Wildman–Crippen LogP) is 6.84. The van der Waals surface area contributed by atoms with Crippen LogP contribution in [-0.4, -0.2) is 18.5 Å². The molecule has 1 aromatic rings. The molecule has 0 spiro atoms. The topological polar surface area (TPSA) is 67.1 Å². The summed E-state index contributed by atoms with van der Waals surface area (Å²) in [4.78, 5) is 0. The summed E-state index contributed by atoms with van der Waals surface area (Å²) in [5.41, 5.74) is 0. The van der Waals surface area contributed by atoms with E-state index in [-0.39, 0.29) is 8.43 Å². The highest BCUT2D eigenvalue weighted by Crippen LogP contribution is 2.72. The minimum Gasteiger partial charge on any atom is -0.282 e. The molecule has 1 unspecified atom stereocenters. The Bertz CT molecular complexity index is 286. The second-order valence-corrected chi connectivity index (χ2v) is 10.1. The van der Waals surface area contributed by atoms with Crippen molar-refractivity contribution >= 4 is 33.6 Å². The van der Waals surface area contributed by atoms with E-state index in [0.29, 0.717) is 0 Å². The van der Waals surface area contributed by atoms with Crippen molar-refractivity contribution in [1.82, 2.24) is 0 Å². The number of rotatable bonds is 6. The van der Waals surface area contributed by atoms with E-state index < -0.39 is 25.1 Å². The van der Waals surface area contributed by atoms with Gasteiger partial charge >= 0.3 is 0 Å². The van der Waals surface area contributed by atoms with Gasteiger partial charge in [-0.05, 0) is 19.3 Å². The van der Waals surface area contributed by atoms with Crippen LogP contribution in [0.4, 0.5) is 0 Å². The predicted molar refractivity (Wildman–Crippen MR) is 89.9 cm³/mol. The summed E-state index contributed by atoms with van der Waals surface area (Å²) in [5, 5.41) is 0. The van der Waals surface area contributed by atoms with E-state index in [9.17, 15) is 0 Å². The Kier molecular flexibility index (Phi) is 12.2. The normalized spacial score (nSPS) is 25.4. The standard InChI is InChI=1S/C9H21O3P3.C2H3O3P/c1-4-7-13-10-14(8-5-2)12-15(11-13)9-6-3;1-2-6-5-4-3-1/h4-9H2,1-3H3;1-2,6H. The molecule has 1 saturated heterocycles. The molecule has 1 fully saturated rings. The largest absolute Gasteiger partial charge is 0.282 e. The zero-order valence-corrected chi connectivity index (χ0v) is 16.4. The molecule has 0 saturated carbocycles. The first kappa shape index (κ1) is 19.7. The molecule has 1 aliphatic rings. The summed E-state index contributed by atoms with van der Waals surface area (Å²) in [6.45, 7) is 6.53. The van der Waals surface area contributed by atoms with E-state index in [2.05, 4.69) is 34.4 Å². The highest BCUT2D eigenvalue weighted by molar-refractivity contribution is 7.74. The minimum absolute atomic E-state index is 0.274. The van der Waals surface area contributed by atoms with Gasteiger partial charge in [-0.2, -0.15) is 0 Å². The maximum absolute atomic E-state index is 5.85. The first-order chi connectivity index (χ1) is 10.3. The lowest BCUT2D eigenvalue weighted by molar-refractivity contribution is -0.155. The van der Waals surface area contributed by atoms with Gasteiger partial charge < -0.3 is 0 Å². The van der Waals surface area contributed by atoms with Gasteiger partial charge in [0, 0.05) is 24.3 Å². The summed E-state index contributed by atoms with van der Waals surface area (Å²) >= 11 is 0. The Hall–Kier alpha value is 0.610. The molecule has 21 heavy (non-hydrogen) atoms. The fourth-order valence-corrected chi connectivity index (χ4v) is 8.19.